The van der Waals surface area contributed by atoms with Crippen molar-refractivity contribution in [3.63, 3.8) is 0 Å². The summed E-state index contributed by atoms with van der Waals surface area (Å²) in [7, 11) is 0. The lowest BCUT2D eigenvalue weighted by molar-refractivity contribution is 0.129. The van der Waals surface area contributed by atoms with Crippen LogP contribution in [0.25, 0.3) is 0 Å². The summed E-state index contributed by atoms with van der Waals surface area (Å²) in [4.78, 5) is 0. The Hall–Kier alpha value is -0.900. The second kappa shape index (κ2) is 6.04. The van der Waals surface area contributed by atoms with Gasteiger partial charge in [-0.25, -0.2) is 0 Å². The zero-order chi connectivity index (χ0) is 13.1. The third kappa shape index (κ3) is 2.99. The molecular formula is C16H24N2O. The molecule has 104 valence electrons. The highest BCUT2D eigenvalue weighted by Gasteiger charge is 2.26. The number of hydrogen-bond acceptors (Lipinski definition) is 3. The number of hydrogen-bond donors (Lipinski definition) is 3. The summed E-state index contributed by atoms with van der Waals surface area (Å²) in [6.07, 6.45) is 4.36. The van der Waals surface area contributed by atoms with E-state index in [-0.39, 0.29) is 6.10 Å². The second-order valence-corrected chi connectivity index (χ2v) is 5.88. The Bertz CT molecular complexity index is 421. The van der Waals surface area contributed by atoms with Gasteiger partial charge < -0.3 is 15.7 Å². The van der Waals surface area contributed by atoms with Crippen molar-refractivity contribution in [2.75, 3.05) is 13.1 Å². The van der Waals surface area contributed by atoms with Gasteiger partial charge in [0.2, 0.25) is 0 Å². The maximum Gasteiger partial charge on any atom is 0.0580 e. The van der Waals surface area contributed by atoms with E-state index in [1.54, 1.807) is 0 Å². The molecule has 0 saturated heterocycles. The van der Waals surface area contributed by atoms with Crippen LogP contribution >= 0.6 is 0 Å². The van der Waals surface area contributed by atoms with Gasteiger partial charge in [-0.05, 0) is 42.9 Å². The topological polar surface area (TPSA) is 44.3 Å². The monoisotopic (exact) mass is 260 g/mol. The van der Waals surface area contributed by atoms with E-state index in [2.05, 4.69) is 34.9 Å². The van der Waals surface area contributed by atoms with Gasteiger partial charge in [0, 0.05) is 19.1 Å². The predicted molar refractivity (Wildman–Crippen MR) is 76.9 cm³/mol. The van der Waals surface area contributed by atoms with Crippen molar-refractivity contribution >= 4 is 0 Å². The number of aliphatic hydroxyl groups excluding tert-OH is 1. The minimum absolute atomic E-state index is 0.0911. The molecule has 3 rings (SSSR count). The van der Waals surface area contributed by atoms with Crippen molar-refractivity contribution < 1.29 is 5.11 Å². The molecule has 3 heteroatoms. The largest absolute Gasteiger partial charge is 0.393 e. The van der Waals surface area contributed by atoms with Gasteiger partial charge in [0.25, 0.3) is 0 Å². The first-order chi connectivity index (χ1) is 9.34. The number of fused-ring (bicyclic) bond motifs is 1. The van der Waals surface area contributed by atoms with Gasteiger partial charge in [0.15, 0.2) is 0 Å². The Balaban J connectivity index is 1.67. The first kappa shape index (κ1) is 13.1. The highest BCUT2D eigenvalue weighted by atomic mass is 16.3. The summed E-state index contributed by atoms with van der Waals surface area (Å²) >= 11 is 0. The minimum Gasteiger partial charge on any atom is -0.393 e. The van der Waals surface area contributed by atoms with Gasteiger partial charge in [-0.2, -0.15) is 0 Å². The molecule has 3 unspecified atom stereocenters. The first-order valence-corrected chi connectivity index (χ1v) is 7.54. The molecule has 3 atom stereocenters. The number of rotatable bonds is 3. The molecule has 3 nitrogen and oxygen atoms in total. The number of benzene rings is 1. The molecule has 0 spiro atoms. The lowest BCUT2D eigenvalue weighted by Gasteiger charge is -2.22. The quantitative estimate of drug-likeness (QED) is 0.778. The van der Waals surface area contributed by atoms with Crippen molar-refractivity contribution in [1.82, 2.24) is 10.6 Å². The molecule has 1 aromatic rings. The molecule has 2 aliphatic rings. The maximum atomic E-state index is 9.92. The van der Waals surface area contributed by atoms with Crippen LogP contribution in [-0.2, 0) is 6.54 Å². The maximum absolute atomic E-state index is 9.92. The summed E-state index contributed by atoms with van der Waals surface area (Å²) in [5, 5.41) is 17.1. The highest BCUT2D eigenvalue weighted by molar-refractivity contribution is 5.31. The normalized spacial score (nSPS) is 30.9. The molecule has 1 heterocycles. The van der Waals surface area contributed by atoms with Crippen LogP contribution in [0.3, 0.4) is 0 Å². The molecule has 0 aromatic heterocycles. The number of nitrogens with one attached hydrogen (secondary N) is 2. The fraction of sp³-hybridized carbons (Fsp3) is 0.625. The minimum atomic E-state index is -0.0911. The summed E-state index contributed by atoms with van der Waals surface area (Å²) in [6, 6.07) is 9.13. The lowest BCUT2D eigenvalue weighted by Crippen LogP contribution is -2.31. The van der Waals surface area contributed by atoms with Crippen molar-refractivity contribution in [3.05, 3.63) is 35.4 Å². The van der Waals surface area contributed by atoms with Gasteiger partial charge in [0.05, 0.1) is 6.10 Å². The van der Waals surface area contributed by atoms with Crippen molar-refractivity contribution in [2.24, 2.45) is 5.92 Å². The van der Waals surface area contributed by atoms with E-state index < -0.39 is 0 Å². The molecular weight excluding hydrogens is 236 g/mol. The molecule has 0 bridgehead atoms. The molecule has 3 N–H and O–H groups in total. The van der Waals surface area contributed by atoms with Crippen LogP contribution in [-0.4, -0.2) is 24.3 Å². The smallest absolute Gasteiger partial charge is 0.0580 e. The summed E-state index contributed by atoms with van der Waals surface area (Å²) in [5.74, 6) is 0.448. The average Bonchev–Trinajstić information content (AvgIpc) is 2.73. The summed E-state index contributed by atoms with van der Waals surface area (Å²) in [5.41, 5.74) is 2.84. The van der Waals surface area contributed by atoms with Crippen molar-refractivity contribution in [1.29, 1.82) is 0 Å². The van der Waals surface area contributed by atoms with Crippen LogP contribution in [0.2, 0.25) is 0 Å². The Morgan fingerprint density at radius 1 is 1.21 bits per heavy atom. The zero-order valence-corrected chi connectivity index (χ0v) is 11.4. The van der Waals surface area contributed by atoms with E-state index in [1.165, 1.54) is 24.0 Å². The standard InChI is InChI=1S/C16H24N2O/c19-16-7-3-5-13(16)11-18-15-8-9-17-10-12-4-1-2-6-14(12)15/h1-2,4,6,13,15-19H,3,5,7-11H2. The summed E-state index contributed by atoms with van der Waals surface area (Å²) < 4.78 is 0. The number of aliphatic hydroxyl groups is 1. The molecule has 1 aromatic carbocycles. The van der Waals surface area contributed by atoms with E-state index in [0.29, 0.717) is 12.0 Å². The van der Waals surface area contributed by atoms with Crippen LogP contribution in [0.1, 0.15) is 42.9 Å². The Kier molecular flexibility index (Phi) is 4.16. The van der Waals surface area contributed by atoms with Gasteiger partial charge in [-0.3, -0.25) is 0 Å². The lowest BCUT2D eigenvalue weighted by atomic mass is 9.98. The van der Waals surface area contributed by atoms with Crippen LogP contribution in [0.15, 0.2) is 24.3 Å². The fourth-order valence-corrected chi connectivity index (χ4v) is 3.42. The van der Waals surface area contributed by atoms with Crippen molar-refractivity contribution in [3.8, 4) is 0 Å². The Labute approximate surface area is 115 Å². The molecule has 19 heavy (non-hydrogen) atoms. The molecule has 1 saturated carbocycles. The Morgan fingerprint density at radius 3 is 2.95 bits per heavy atom. The van der Waals surface area contributed by atoms with E-state index in [1.807, 2.05) is 0 Å². The van der Waals surface area contributed by atoms with Crippen molar-refractivity contribution in [2.45, 2.75) is 44.4 Å². The van der Waals surface area contributed by atoms with Gasteiger partial charge >= 0.3 is 0 Å². The van der Waals surface area contributed by atoms with Crippen LogP contribution < -0.4 is 10.6 Å². The van der Waals surface area contributed by atoms with E-state index in [9.17, 15) is 5.11 Å². The van der Waals surface area contributed by atoms with Crippen LogP contribution in [0.4, 0.5) is 0 Å². The molecule has 0 radical (unpaired) electrons. The van der Waals surface area contributed by atoms with Gasteiger partial charge in [-0.15, -0.1) is 0 Å². The van der Waals surface area contributed by atoms with Gasteiger partial charge in [-0.1, -0.05) is 30.7 Å². The third-order valence-corrected chi connectivity index (χ3v) is 4.60. The zero-order valence-electron chi connectivity index (χ0n) is 11.4. The van der Waals surface area contributed by atoms with Gasteiger partial charge in [0.1, 0.15) is 0 Å². The van der Waals surface area contributed by atoms with E-state index in [0.717, 1.165) is 32.5 Å². The Morgan fingerprint density at radius 2 is 2.11 bits per heavy atom. The third-order valence-electron chi connectivity index (χ3n) is 4.60. The molecule has 1 aliphatic heterocycles. The van der Waals surface area contributed by atoms with E-state index >= 15 is 0 Å². The first-order valence-electron chi connectivity index (χ1n) is 7.54. The average molecular weight is 260 g/mol. The highest BCUT2D eigenvalue weighted by Crippen LogP contribution is 2.27. The SMILES string of the molecule is OC1CCCC1CNC1CCNCc2ccccc21. The molecule has 1 fully saturated rings. The fourth-order valence-electron chi connectivity index (χ4n) is 3.42. The van der Waals surface area contributed by atoms with Crippen LogP contribution in [0, 0.1) is 5.92 Å². The van der Waals surface area contributed by atoms with Crippen LogP contribution in [0.5, 0.6) is 0 Å². The molecule has 1 aliphatic carbocycles. The van der Waals surface area contributed by atoms with E-state index in [4.69, 9.17) is 0 Å². The molecule has 0 amide bonds. The second-order valence-electron chi connectivity index (χ2n) is 5.88. The predicted octanol–water partition coefficient (Wildman–Crippen LogP) is 1.97. The summed E-state index contributed by atoms with van der Waals surface area (Å²) in [6.45, 7) is 2.97.